The number of hydrogen-bond acceptors (Lipinski definition) is 5. The molecule has 30 heavy (non-hydrogen) atoms. The number of halogens is 4. The van der Waals surface area contributed by atoms with Gasteiger partial charge < -0.3 is 10.2 Å². The number of oxime groups is 1. The molecule has 3 aromatic rings. The third kappa shape index (κ3) is 4.80. The molecule has 156 valence electrons. The number of rotatable bonds is 5. The summed E-state index contributed by atoms with van der Waals surface area (Å²) >= 11 is 6.97. The SMILES string of the molecule is CO/N=C/c1ccc(-c2ccccc2NC(=O)c2sc(C)nc2C(F)(F)F)cc1Cl. The molecule has 0 aliphatic carbocycles. The van der Waals surface area contributed by atoms with Gasteiger partial charge in [-0.2, -0.15) is 13.2 Å². The molecule has 0 aliphatic rings. The van der Waals surface area contributed by atoms with E-state index in [0.717, 1.165) is 0 Å². The van der Waals surface area contributed by atoms with E-state index in [1.807, 2.05) is 0 Å². The lowest BCUT2D eigenvalue weighted by Gasteiger charge is -2.12. The number of alkyl halides is 3. The topological polar surface area (TPSA) is 63.6 Å². The number of carbonyl (C=O) groups excluding carboxylic acids is 1. The first-order valence-corrected chi connectivity index (χ1v) is 9.71. The molecule has 1 aromatic heterocycles. The van der Waals surface area contributed by atoms with Crippen LogP contribution in [0, 0.1) is 6.92 Å². The van der Waals surface area contributed by atoms with Gasteiger partial charge in [-0.3, -0.25) is 4.79 Å². The molecule has 0 fully saturated rings. The number of thiazole rings is 1. The molecule has 0 spiro atoms. The minimum absolute atomic E-state index is 0.154. The van der Waals surface area contributed by atoms with E-state index >= 15 is 0 Å². The van der Waals surface area contributed by atoms with E-state index in [9.17, 15) is 18.0 Å². The zero-order valence-corrected chi connectivity index (χ0v) is 17.3. The highest BCUT2D eigenvalue weighted by Gasteiger charge is 2.39. The van der Waals surface area contributed by atoms with Crippen LogP contribution in [0.2, 0.25) is 5.02 Å². The highest BCUT2D eigenvalue weighted by Crippen LogP contribution is 2.36. The summed E-state index contributed by atoms with van der Waals surface area (Å²) in [5.41, 5.74) is 1.04. The fourth-order valence-corrected chi connectivity index (χ4v) is 3.77. The summed E-state index contributed by atoms with van der Waals surface area (Å²) in [4.78, 5) is 20.2. The van der Waals surface area contributed by atoms with Crippen LogP contribution in [0.5, 0.6) is 0 Å². The highest BCUT2D eigenvalue weighted by molar-refractivity contribution is 7.13. The van der Waals surface area contributed by atoms with Gasteiger partial charge in [0.15, 0.2) is 5.69 Å². The maximum atomic E-state index is 13.2. The number of nitrogens with zero attached hydrogens (tertiary/aromatic N) is 2. The summed E-state index contributed by atoms with van der Waals surface area (Å²) in [6, 6.07) is 11.9. The lowest BCUT2D eigenvalue weighted by Crippen LogP contribution is -2.17. The molecule has 0 radical (unpaired) electrons. The smallest absolute Gasteiger partial charge is 0.399 e. The van der Waals surface area contributed by atoms with E-state index < -0.39 is 22.7 Å². The largest absolute Gasteiger partial charge is 0.435 e. The molecular weight excluding hydrogens is 439 g/mol. The normalized spacial score (nSPS) is 11.7. The lowest BCUT2D eigenvalue weighted by molar-refractivity contribution is -0.141. The Morgan fingerprint density at radius 1 is 1.27 bits per heavy atom. The Morgan fingerprint density at radius 3 is 2.67 bits per heavy atom. The molecule has 1 amide bonds. The third-order valence-corrected chi connectivity index (χ3v) is 5.29. The number of aromatic nitrogens is 1. The molecule has 5 nitrogen and oxygen atoms in total. The van der Waals surface area contributed by atoms with E-state index in [1.54, 1.807) is 42.5 Å². The second-order valence-corrected chi connectivity index (χ2v) is 7.67. The molecule has 10 heteroatoms. The van der Waals surface area contributed by atoms with Crippen molar-refractivity contribution in [3.05, 3.63) is 68.6 Å². The average molecular weight is 454 g/mol. The molecule has 1 N–H and O–H groups in total. The number of amides is 1. The van der Waals surface area contributed by atoms with Crippen LogP contribution in [-0.2, 0) is 11.0 Å². The standard InChI is InChI=1S/C20H15ClF3N3O2S/c1-11-26-18(20(22,23)24)17(30-11)19(28)27-16-6-4-3-5-14(16)12-7-8-13(10-25-29-2)15(21)9-12/h3-10H,1-2H3,(H,27,28)/b25-10+. The van der Waals surface area contributed by atoms with Crippen LogP contribution < -0.4 is 5.32 Å². The molecule has 1 heterocycles. The first kappa shape index (κ1) is 21.8. The highest BCUT2D eigenvalue weighted by atomic mass is 35.5. The van der Waals surface area contributed by atoms with Gasteiger partial charge in [0.25, 0.3) is 5.91 Å². The quantitative estimate of drug-likeness (QED) is 0.379. The van der Waals surface area contributed by atoms with E-state index in [4.69, 9.17) is 11.6 Å². The monoisotopic (exact) mass is 453 g/mol. The van der Waals surface area contributed by atoms with Crippen molar-refractivity contribution in [1.29, 1.82) is 0 Å². The molecule has 0 aliphatic heterocycles. The van der Waals surface area contributed by atoms with Crippen molar-refractivity contribution in [3.63, 3.8) is 0 Å². The molecule has 0 saturated heterocycles. The maximum Gasteiger partial charge on any atom is 0.435 e. The summed E-state index contributed by atoms with van der Waals surface area (Å²) in [6.45, 7) is 1.42. The van der Waals surface area contributed by atoms with Crippen molar-refractivity contribution in [2.24, 2.45) is 5.16 Å². The molecule has 0 atom stereocenters. The zero-order valence-electron chi connectivity index (χ0n) is 15.7. The van der Waals surface area contributed by atoms with Gasteiger partial charge in [0.2, 0.25) is 0 Å². The Labute approximate surface area is 179 Å². The average Bonchev–Trinajstić information content (AvgIpc) is 3.10. The minimum Gasteiger partial charge on any atom is -0.399 e. The van der Waals surface area contributed by atoms with Gasteiger partial charge in [-0.25, -0.2) is 4.98 Å². The maximum absolute atomic E-state index is 13.2. The van der Waals surface area contributed by atoms with Crippen molar-refractivity contribution in [1.82, 2.24) is 4.98 Å². The fourth-order valence-electron chi connectivity index (χ4n) is 2.70. The molecule has 0 bridgehead atoms. The van der Waals surface area contributed by atoms with Gasteiger partial charge in [-0.1, -0.05) is 47.1 Å². The van der Waals surface area contributed by atoms with Crippen LogP contribution in [0.3, 0.4) is 0 Å². The first-order chi connectivity index (χ1) is 14.2. The van der Waals surface area contributed by atoms with E-state index in [-0.39, 0.29) is 5.01 Å². The Balaban J connectivity index is 1.95. The number of para-hydroxylation sites is 1. The summed E-state index contributed by atoms with van der Waals surface area (Å²) in [5, 5.41) is 6.77. The Kier molecular flexibility index (Phi) is 6.42. The number of anilines is 1. The second kappa shape index (κ2) is 8.85. The summed E-state index contributed by atoms with van der Waals surface area (Å²) < 4.78 is 39.6. The lowest BCUT2D eigenvalue weighted by atomic mass is 10.0. The molecule has 0 saturated carbocycles. The van der Waals surface area contributed by atoms with Gasteiger partial charge in [-0.15, -0.1) is 11.3 Å². The molecule has 0 unspecified atom stereocenters. The first-order valence-electron chi connectivity index (χ1n) is 8.52. The van der Waals surface area contributed by atoms with Crippen molar-refractivity contribution in [2.75, 3.05) is 12.4 Å². The van der Waals surface area contributed by atoms with Crippen molar-refractivity contribution < 1.29 is 22.8 Å². The Hall–Kier alpha value is -2.91. The molecule has 3 rings (SSSR count). The zero-order chi connectivity index (χ0) is 21.9. The number of aryl methyl sites for hydroxylation is 1. The molecule has 2 aromatic carbocycles. The van der Waals surface area contributed by atoms with E-state index in [0.29, 0.717) is 38.7 Å². The van der Waals surface area contributed by atoms with Crippen LogP contribution in [0.15, 0.2) is 47.6 Å². The summed E-state index contributed by atoms with van der Waals surface area (Å²) in [5.74, 6) is -0.879. The van der Waals surface area contributed by atoms with Crippen LogP contribution in [-0.4, -0.2) is 24.2 Å². The van der Waals surface area contributed by atoms with Crippen LogP contribution in [0.4, 0.5) is 18.9 Å². The van der Waals surface area contributed by atoms with Gasteiger partial charge >= 0.3 is 6.18 Å². The number of benzene rings is 2. The number of nitrogens with one attached hydrogen (secondary N) is 1. The van der Waals surface area contributed by atoms with Crippen molar-refractivity contribution in [3.8, 4) is 11.1 Å². The molecular formula is C20H15ClF3N3O2S. The predicted molar refractivity (Wildman–Crippen MR) is 111 cm³/mol. The van der Waals surface area contributed by atoms with Crippen LogP contribution >= 0.6 is 22.9 Å². The van der Waals surface area contributed by atoms with Gasteiger partial charge in [0.05, 0.1) is 16.2 Å². The van der Waals surface area contributed by atoms with Crippen molar-refractivity contribution >= 4 is 40.7 Å². The Morgan fingerprint density at radius 2 is 2.00 bits per heavy atom. The summed E-state index contributed by atoms with van der Waals surface area (Å²) in [6.07, 6.45) is -3.27. The van der Waals surface area contributed by atoms with Crippen LogP contribution in [0.1, 0.15) is 25.9 Å². The fraction of sp³-hybridized carbons (Fsp3) is 0.150. The second-order valence-electron chi connectivity index (χ2n) is 6.06. The van der Waals surface area contributed by atoms with Crippen molar-refractivity contribution in [2.45, 2.75) is 13.1 Å². The Bertz CT molecular complexity index is 1110. The van der Waals surface area contributed by atoms with Crippen LogP contribution in [0.25, 0.3) is 11.1 Å². The van der Waals surface area contributed by atoms with E-state index in [2.05, 4.69) is 20.3 Å². The minimum atomic E-state index is -4.72. The van der Waals surface area contributed by atoms with Gasteiger partial charge in [0, 0.05) is 16.8 Å². The van der Waals surface area contributed by atoms with Gasteiger partial charge in [0.1, 0.15) is 12.0 Å². The van der Waals surface area contributed by atoms with E-state index in [1.165, 1.54) is 20.2 Å². The number of hydrogen-bond donors (Lipinski definition) is 1. The summed E-state index contributed by atoms with van der Waals surface area (Å²) in [7, 11) is 1.41. The number of carbonyl (C=O) groups is 1. The third-order valence-electron chi connectivity index (χ3n) is 3.99. The predicted octanol–water partition coefficient (Wildman–Crippen LogP) is 6.02. The van der Waals surface area contributed by atoms with Gasteiger partial charge in [-0.05, 0) is 24.6 Å².